The van der Waals surface area contributed by atoms with Gasteiger partial charge in [-0.25, -0.2) is 0 Å². The first-order valence-electron chi connectivity index (χ1n) is 7.78. The number of hydrogen-bond acceptors (Lipinski definition) is 3. The normalized spacial score (nSPS) is 10.8. The summed E-state index contributed by atoms with van der Waals surface area (Å²) >= 11 is 5.79. The molecule has 0 radical (unpaired) electrons. The highest BCUT2D eigenvalue weighted by Crippen LogP contribution is 2.13. The minimum absolute atomic E-state index is 0. The van der Waals surface area contributed by atoms with Crippen molar-refractivity contribution in [1.29, 1.82) is 0 Å². The number of aliphatic imine (C=N–C) groups is 1. The molecule has 8 heteroatoms. The minimum atomic E-state index is -0.0502. The van der Waals surface area contributed by atoms with Crippen molar-refractivity contribution in [2.45, 2.75) is 26.2 Å². The van der Waals surface area contributed by atoms with Crippen LogP contribution in [0.25, 0.3) is 0 Å². The number of anilines is 1. The third-order valence-electron chi connectivity index (χ3n) is 2.95. The lowest BCUT2D eigenvalue weighted by molar-refractivity contribution is -0.116. The Balaban J connectivity index is 0.00000529. The number of ether oxygens (including phenoxy) is 1. The van der Waals surface area contributed by atoms with Gasteiger partial charge in [0.25, 0.3) is 0 Å². The zero-order valence-electron chi connectivity index (χ0n) is 13.9. The summed E-state index contributed by atoms with van der Waals surface area (Å²) in [4.78, 5) is 15.9. The van der Waals surface area contributed by atoms with Crippen LogP contribution in [0.2, 0.25) is 5.02 Å². The Bertz CT molecular complexity index is 497. The number of carbonyl (C=O) groups excluding carboxylic acids is 1. The summed E-state index contributed by atoms with van der Waals surface area (Å²) in [5.74, 6) is 0.352. The molecule has 0 saturated heterocycles. The lowest BCUT2D eigenvalue weighted by Gasteiger charge is -2.06. The lowest BCUT2D eigenvalue weighted by Crippen LogP contribution is -2.33. The fraction of sp³-hybridized carbons (Fsp3) is 0.500. The van der Waals surface area contributed by atoms with Crippen LogP contribution in [0.4, 0.5) is 5.69 Å². The molecule has 0 aromatic heterocycles. The van der Waals surface area contributed by atoms with E-state index in [2.05, 4.69) is 15.6 Å². The van der Waals surface area contributed by atoms with Crippen LogP contribution in [0.1, 0.15) is 26.2 Å². The van der Waals surface area contributed by atoms with Crippen molar-refractivity contribution >= 4 is 53.1 Å². The van der Waals surface area contributed by atoms with E-state index in [4.69, 9.17) is 22.1 Å². The Kier molecular flexibility index (Phi) is 13.7. The molecule has 0 aliphatic rings. The third kappa shape index (κ3) is 11.5. The average molecular weight is 469 g/mol. The Morgan fingerprint density at radius 1 is 1.29 bits per heavy atom. The molecule has 0 aliphatic heterocycles. The van der Waals surface area contributed by atoms with Gasteiger partial charge < -0.3 is 21.1 Å². The van der Waals surface area contributed by atoms with Gasteiger partial charge in [-0.1, -0.05) is 11.6 Å². The monoisotopic (exact) mass is 468 g/mol. The molecular formula is C16H26ClIN4O2. The van der Waals surface area contributed by atoms with Gasteiger partial charge in [-0.2, -0.15) is 0 Å². The number of benzene rings is 1. The van der Waals surface area contributed by atoms with Gasteiger partial charge in [-0.15, -0.1) is 24.0 Å². The zero-order valence-corrected chi connectivity index (χ0v) is 17.0. The molecule has 0 bridgehead atoms. The van der Waals surface area contributed by atoms with E-state index in [9.17, 15) is 4.79 Å². The van der Waals surface area contributed by atoms with Gasteiger partial charge in [0.15, 0.2) is 5.96 Å². The number of nitrogens with two attached hydrogens (primary N) is 1. The van der Waals surface area contributed by atoms with Crippen LogP contribution < -0.4 is 16.4 Å². The summed E-state index contributed by atoms with van der Waals surface area (Å²) in [6.07, 6.45) is 1.91. The topological polar surface area (TPSA) is 88.7 Å². The van der Waals surface area contributed by atoms with Crippen molar-refractivity contribution in [3.05, 3.63) is 29.3 Å². The number of nitrogens with one attached hydrogen (secondary N) is 2. The van der Waals surface area contributed by atoms with Gasteiger partial charge in [0, 0.05) is 43.4 Å². The van der Waals surface area contributed by atoms with Crippen LogP contribution in [0.3, 0.4) is 0 Å². The highest BCUT2D eigenvalue weighted by atomic mass is 127. The van der Waals surface area contributed by atoms with Gasteiger partial charge in [0.1, 0.15) is 0 Å². The van der Waals surface area contributed by atoms with Crippen molar-refractivity contribution in [1.82, 2.24) is 5.32 Å². The number of nitrogens with zero attached hydrogens (tertiary/aromatic N) is 1. The maximum Gasteiger partial charge on any atom is 0.224 e. The van der Waals surface area contributed by atoms with Crippen molar-refractivity contribution < 1.29 is 9.53 Å². The maximum absolute atomic E-state index is 11.8. The van der Waals surface area contributed by atoms with Gasteiger partial charge in [0.05, 0.1) is 0 Å². The van der Waals surface area contributed by atoms with E-state index >= 15 is 0 Å². The fourth-order valence-electron chi connectivity index (χ4n) is 1.79. The van der Waals surface area contributed by atoms with E-state index in [1.54, 1.807) is 24.3 Å². The van der Waals surface area contributed by atoms with E-state index in [-0.39, 0.29) is 29.9 Å². The Morgan fingerprint density at radius 3 is 2.67 bits per heavy atom. The molecule has 24 heavy (non-hydrogen) atoms. The second kappa shape index (κ2) is 14.3. The highest BCUT2D eigenvalue weighted by Gasteiger charge is 2.02. The molecule has 0 spiro atoms. The van der Waals surface area contributed by atoms with Crippen LogP contribution in [-0.4, -0.2) is 38.2 Å². The first-order valence-corrected chi connectivity index (χ1v) is 8.16. The second-order valence-corrected chi connectivity index (χ2v) is 5.34. The Morgan fingerprint density at radius 2 is 2.00 bits per heavy atom. The average Bonchev–Trinajstić information content (AvgIpc) is 2.53. The first kappa shape index (κ1) is 22.9. The molecule has 4 N–H and O–H groups in total. The van der Waals surface area contributed by atoms with Crippen molar-refractivity contribution in [2.24, 2.45) is 10.7 Å². The summed E-state index contributed by atoms with van der Waals surface area (Å²) in [5.41, 5.74) is 6.46. The lowest BCUT2D eigenvalue weighted by atomic mass is 10.2. The molecule has 0 atom stereocenters. The van der Waals surface area contributed by atoms with E-state index in [1.807, 2.05) is 6.92 Å². The van der Waals surface area contributed by atoms with Crippen LogP contribution in [0.5, 0.6) is 0 Å². The summed E-state index contributed by atoms with van der Waals surface area (Å²) in [6, 6.07) is 7.00. The van der Waals surface area contributed by atoms with Crippen LogP contribution in [-0.2, 0) is 9.53 Å². The molecule has 136 valence electrons. The molecule has 0 unspecified atom stereocenters. The van der Waals surface area contributed by atoms with E-state index in [0.29, 0.717) is 37.0 Å². The summed E-state index contributed by atoms with van der Waals surface area (Å²) in [7, 11) is 0. The zero-order chi connectivity index (χ0) is 16.9. The van der Waals surface area contributed by atoms with Crippen LogP contribution in [0.15, 0.2) is 29.3 Å². The van der Waals surface area contributed by atoms with Crippen LogP contribution >= 0.6 is 35.6 Å². The van der Waals surface area contributed by atoms with Crippen molar-refractivity contribution in [3.63, 3.8) is 0 Å². The molecule has 0 heterocycles. The number of halogens is 2. The van der Waals surface area contributed by atoms with E-state index in [1.165, 1.54) is 0 Å². The molecule has 0 fully saturated rings. The minimum Gasteiger partial charge on any atom is -0.382 e. The van der Waals surface area contributed by atoms with Gasteiger partial charge >= 0.3 is 0 Å². The molecule has 1 aromatic rings. The Labute approximate surface area is 165 Å². The van der Waals surface area contributed by atoms with Crippen LogP contribution in [0, 0.1) is 0 Å². The number of rotatable bonds is 10. The number of amides is 1. The quantitative estimate of drug-likeness (QED) is 0.213. The molecule has 1 rings (SSSR count). The summed E-state index contributed by atoms with van der Waals surface area (Å²) in [5, 5.41) is 6.45. The van der Waals surface area contributed by atoms with Gasteiger partial charge in [-0.05, 0) is 44.0 Å². The summed E-state index contributed by atoms with van der Waals surface area (Å²) < 4.78 is 5.22. The summed E-state index contributed by atoms with van der Waals surface area (Å²) in [6.45, 7) is 4.64. The molecule has 0 saturated carbocycles. The molecule has 0 aliphatic carbocycles. The smallest absolute Gasteiger partial charge is 0.224 e. The third-order valence-corrected chi connectivity index (χ3v) is 3.20. The Hall–Kier alpha value is -1.06. The largest absolute Gasteiger partial charge is 0.382 e. The van der Waals surface area contributed by atoms with E-state index < -0.39 is 0 Å². The van der Waals surface area contributed by atoms with E-state index in [0.717, 1.165) is 25.3 Å². The predicted molar refractivity (Wildman–Crippen MR) is 110 cm³/mol. The van der Waals surface area contributed by atoms with Crippen molar-refractivity contribution in [3.8, 4) is 0 Å². The molecule has 1 amide bonds. The SMILES string of the molecule is CCOCCCNC(N)=NCCCC(=O)Nc1ccc(Cl)cc1.I. The fourth-order valence-corrected chi connectivity index (χ4v) is 1.91. The molecule has 1 aromatic carbocycles. The second-order valence-electron chi connectivity index (χ2n) is 4.90. The van der Waals surface area contributed by atoms with Gasteiger partial charge in [-0.3, -0.25) is 9.79 Å². The maximum atomic E-state index is 11.8. The van der Waals surface area contributed by atoms with Gasteiger partial charge in [0.2, 0.25) is 5.91 Å². The number of hydrogen-bond donors (Lipinski definition) is 3. The highest BCUT2D eigenvalue weighted by molar-refractivity contribution is 14.0. The number of carbonyl (C=O) groups is 1. The predicted octanol–water partition coefficient (Wildman–Crippen LogP) is 3.01. The number of guanidine groups is 1. The molecule has 6 nitrogen and oxygen atoms in total. The molecular weight excluding hydrogens is 443 g/mol. The van der Waals surface area contributed by atoms with Crippen molar-refractivity contribution in [2.75, 3.05) is 31.6 Å². The standard InChI is InChI=1S/C16H25ClN4O2.HI/c1-2-23-12-4-11-20-16(18)19-10-3-5-15(22)21-14-8-6-13(17)7-9-14;/h6-9H,2-5,10-12H2,1H3,(H,21,22)(H3,18,19,20);1H. The first-order chi connectivity index (χ1) is 11.1.